The van der Waals surface area contributed by atoms with Gasteiger partial charge in [0.05, 0.1) is 17.8 Å². The minimum absolute atomic E-state index is 0.311. The number of hydrogen-bond acceptors (Lipinski definition) is 3. The molecule has 2 aromatic carbocycles. The first-order valence-electron chi connectivity index (χ1n) is 10.5. The maximum Gasteiger partial charge on any atom is 0.138 e. The zero-order valence-corrected chi connectivity index (χ0v) is 18.9. The fourth-order valence-corrected chi connectivity index (χ4v) is 5.66. The number of para-hydroxylation sites is 1. The largest absolute Gasteiger partial charge is 0.495 e. The fourth-order valence-electron chi connectivity index (χ4n) is 4.07. The molecule has 1 aliphatic heterocycles. The maximum absolute atomic E-state index is 6.54. The van der Waals surface area contributed by atoms with E-state index in [1.807, 2.05) is 11.8 Å². The molecular weight excluding hydrogens is 386 g/mol. The Hall–Kier alpha value is -1.32. The van der Waals surface area contributed by atoms with Crippen molar-refractivity contribution in [2.45, 2.75) is 57.3 Å². The van der Waals surface area contributed by atoms with Gasteiger partial charge in [-0.25, -0.2) is 0 Å². The Morgan fingerprint density at radius 3 is 2.36 bits per heavy atom. The lowest BCUT2D eigenvalue weighted by molar-refractivity contribution is 0.274. The predicted octanol–water partition coefficient (Wildman–Crippen LogP) is 7.96. The van der Waals surface area contributed by atoms with E-state index in [1.54, 1.807) is 7.11 Å². The van der Waals surface area contributed by atoms with Gasteiger partial charge in [-0.2, -0.15) is 0 Å². The quantitative estimate of drug-likeness (QED) is 0.432. The van der Waals surface area contributed by atoms with Gasteiger partial charge in [0.2, 0.25) is 0 Å². The highest BCUT2D eigenvalue weighted by Crippen LogP contribution is 2.49. The van der Waals surface area contributed by atoms with Gasteiger partial charge in [0, 0.05) is 22.9 Å². The number of hydrogen-bond donors (Lipinski definition) is 0. The number of ether oxygens (including phenoxy) is 1. The summed E-state index contributed by atoms with van der Waals surface area (Å²) in [6, 6.07) is 15.0. The number of rotatable bonds is 8. The molecule has 2 aromatic rings. The Bertz CT molecular complexity index is 757. The second-order valence-electron chi connectivity index (χ2n) is 7.87. The molecule has 0 atom stereocenters. The Labute approximate surface area is 179 Å². The van der Waals surface area contributed by atoms with E-state index in [4.69, 9.17) is 16.3 Å². The number of methoxy groups -OCH3 is 1. The highest BCUT2D eigenvalue weighted by Gasteiger charge is 2.36. The molecule has 0 fully saturated rings. The van der Waals surface area contributed by atoms with Crippen molar-refractivity contribution in [2.24, 2.45) is 5.41 Å². The number of anilines is 2. The standard InChI is InChI=1S/C24H32ClNOS/c1-4-6-13-24(14-7-5-2)17-26(19-11-9-8-10-12-19)21-15-20(25)22(27-3)16-23(21)28-18-24/h8-12,15-16H,4-7,13-14,17-18H2,1-3H3. The van der Waals surface area contributed by atoms with E-state index >= 15 is 0 Å². The van der Waals surface area contributed by atoms with E-state index in [0.29, 0.717) is 10.4 Å². The van der Waals surface area contributed by atoms with Gasteiger partial charge < -0.3 is 9.64 Å². The molecule has 0 bridgehead atoms. The molecule has 28 heavy (non-hydrogen) atoms. The molecule has 3 rings (SSSR count). The molecule has 0 amide bonds. The van der Waals surface area contributed by atoms with Crippen LogP contribution in [0.15, 0.2) is 47.4 Å². The van der Waals surface area contributed by atoms with Crippen LogP contribution in [-0.2, 0) is 0 Å². The SMILES string of the molecule is CCCCC1(CCCC)CSc2cc(OC)c(Cl)cc2N(c2ccccc2)C1. The third kappa shape index (κ3) is 4.80. The fraction of sp³-hybridized carbons (Fsp3) is 0.500. The number of fused-ring (bicyclic) bond motifs is 1. The maximum atomic E-state index is 6.54. The number of benzene rings is 2. The molecule has 0 spiro atoms. The lowest BCUT2D eigenvalue weighted by Gasteiger charge is -2.37. The second-order valence-corrected chi connectivity index (χ2v) is 9.30. The molecule has 4 heteroatoms. The van der Waals surface area contributed by atoms with Crippen molar-refractivity contribution in [3.05, 3.63) is 47.5 Å². The van der Waals surface area contributed by atoms with E-state index in [2.05, 4.69) is 61.2 Å². The van der Waals surface area contributed by atoms with Crippen LogP contribution < -0.4 is 9.64 Å². The average Bonchev–Trinajstić information content (AvgIpc) is 2.88. The average molecular weight is 418 g/mol. The number of nitrogens with zero attached hydrogens (tertiary/aromatic N) is 1. The molecular formula is C24H32ClNOS. The second kappa shape index (κ2) is 9.93. The summed E-state index contributed by atoms with van der Waals surface area (Å²) in [6.07, 6.45) is 7.62. The van der Waals surface area contributed by atoms with Crippen molar-refractivity contribution in [2.75, 3.05) is 24.3 Å². The van der Waals surface area contributed by atoms with Crippen molar-refractivity contribution >= 4 is 34.7 Å². The molecule has 1 heterocycles. The van der Waals surface area contributed by atoms with Crippen LogP contribution in [0.5, 0.6) is 5.75 Å². The Balaban J connectivity index is 2.07. The van der Waals surface area contributed by atoms with E-state index in [-0.39, 0.29) is 0 Å². The molecule has 0 radical (unpaired) electrons. The van der Waals surface area contributed by atoms with Gasteiger partial charge in [-0.3, -0.25) is 0 Å². The monoisotopic (exact) mass is 417 g/mol. The summed E-state index contributed by atoms with van der Waals surface area (Å²) in [7, 11) is 1.69. The molecule has 0 saturated carbocycles. The molecule has 0 aliphatic carbocycles. The number of halogens is 1. The smallest absolute Gasteiger partial charge is 0.138 e. The highest BCUT2D eigenvalue weighted by molar-refractivity contribution is 7.99. The van der Waals surface area contributed by atoms with Crippen molar-refractivity contribution in [1.29, 1.82) is 0 Å². The lowest BCUT2D eigenvalue weighted by Crippen LogP contribution is -2.36. The van der Waals surface area contributed by atoms with E-state index < -0.39 is 0 Å². The third-order valence-electron chi connectivity index (χ3n) is 5.74. The van der Waals surface area contributed by atoms with E-state index in [1.165, 1.54) is 54.8 Å². The summed E-state index contributed by atoms with van der Waals surface area (Å²) in [5.74, 6) is 1.91. The molecule has 152 valence electrons. The minimum Gasteiger partial charge on any atom is -0.495 e. The first-order valence-corrected chi connectivity index (χ1v) is 11.8. The van der Waals surface area contributed by atoms with Crippen LogP contribution in [0.4, 0.5) is 11.4 Å². The summed E-state index contributed by atoms with van der Waals surface area (Å²) in [5, 5.41) is 0.678. The molecule has 0 saturated heterocycles. The summed E-state index contributed by atoms with van der Waals surface area (Å²) < 4.78 is 5.51. The van der Waals surface area contributed by atoms with E-state index in [9.17, 15) is 0 Å². The van der Waals surface area contributed by atoms with Crippen molar-refractivity contribution in [1.82, 2.24) is 0 Å². The Morgan fingerprint density at radius 1 is 1.07 bits per heavy atom. The van der Waals surface area contributed by atoms with Crippen molar-refractivity contribution in [3.63, 3.8) is 0 Å². The Kier molecular flexibility index (Phi) is 7.59. The summed E-state index contributed by atoms with van der Waals surface area (Å²) in [6.45, 7) is 5.64. The first kappa shape index (κ1) is 21.4. The van der Waals surface area contributed by atoms with Crippen molar-refractivity contribution < 1.29 is 4.74 Å². The third-order valence-corrected chi connectivity index (χ3v) is 7.43. The van der Waals surface area contributed by atoms with Gasteiger partial charge in [0.25, 0.3) is 0 Å². The van der Waals surface area contributed by atoms with Crippen LogP contribution in [0.1, 0.15) is 52.4 Å². The molecule has 0 aromatic heterocycles. The van der Waals surface area contributed by atoms with Crippen LogP contribution in [0.25, 0.3) is 0 Å². The summed E-state index contributed by atoms with van der Waals surface area (Å²) >= 11 is 8.52. The number of unbranched alkanes of at least 4 members (excludes halogenated alkanes) is 2. The van der Waals surface area contributed by atoms with Crippen LogP contribution >= 0.6 is 23.4 Å². The van der Waals surface area contributed by atoms with Crippen LogP contribution in [0, 0.1) is 5.41 Å². The minimum atomic E-state index is 0.311. The van der Waals surface area contributed by atoms with Gasteiger partial charge in [-0.15, -0.1) is 11.8 Å². The normalized spacial score (nSPS) is 15.8. The van der Waals surface area contributed by atoms with Crippen molar-refractivity contribution in [3.8, 4) is 5.75 Å². The predicted molar refractivity (Wildman–Crippen MR) is 124 cm³/mol. The highest BCUT2D eigenvalue weighted by atomic mass is 35.5. The van der Waals surface area contributed by atoms with Gasteiger partial charge in [0.1, 0.15) is 5.75 Å². The molecule has 1 aliphatic rings. The van der Waals surface area contributed by atoms with Crippen LogP contribution in [-0.4, -0.2) is 19.4 Å². The lowest BCUT2D eigenvalue weighted by atomic mass is 9.79. The zero-order valence-electron chi connectivity index (χ0n) is 17.3. The van der Waals surface area contributed by atoms with Crippen LogP contribution in [0.3, 0.4) is 0 Å². The topological polar surface area (TPSA) is 12.5 Å². The van der Waals surface area contributed by atoms with Gasteiger partial charge in [-0.05, 0) is 42.5 Å². The molecule has 2 nitrogen and oxygen atoms in total. The van der Waals surface area contributed by atoms with Gasteiger partial charge >= 0.3 is 0 Å². The first-order chi connectivity index (χ1) is 13.6. The van der Waals surface area contributed by atoms with E-state index in [0.717, 1.165) is 18.0 Å². The van der Waals surface area contributed by atoms with Gasteiger partial charge in [-0.1, -0.05) is 69.3 Å². The van der Waals surface area contributed by atoms with Gasteiger partial charge in [0.15, 0.2) is 0 Å². The molecule has 0 unspecified atom stereocenters. The summed E-state index contributed by atoms with van der Waals surface area (Å²) in [4.78, 5) is 3.76. The number of thioether (sulfide) groups is 1. The Morgan fingerprint density at radius 2 is 1.75 bits per heavy atom. The molecule has 0 N–H and O–H groups in total. The van der Waals surface area contributed by atoms with Crippen LogP contribution in [0.2, 0.25) is 5.02 Å². The zero-order chi connectivity index (χ0) is 20.0. The summed E-state index contributed by atoms with van der Waals surface area (Å²) in [5.41, 5.74) is 2.76.